The van der Waals surface area contributed by atoms with Gasteiger partial charge in [0.25, 0.3) is 0 Å². The van der Waals surface area contributed by atoms with Crippen molar-refractivity contribution < 1.29 is 5.11 Å². The van der Waals surface area contributed by atoms with Gasteiger partial charge in [0, 0.05) is 0 Å². The number of allylic oxidation sites excluding steroid dienone is 3. The first kappa shape index (κ1) is 14.4. The molecule has 0 aromatic carbocycles. The van der Waals surface area contributed by atoms with Crippen molar-refractivity contribution in [3.8, 4) is 0 Å². The Labute approximate surface area is 94.9 Å². The molecule has 1 N–H and O–H groups in total. The third-order valence-corrected chi connectivity index (χ3v) is 2.46. The molecule has 0 saturated heterocycles. The molecule has 0 aliphatic heterocycles. The molecule has 0 heterocycles. The van der Waals surface area contributed by atoms with Gasteiger partial charge in [-0.1, -0.05) is 51.0 Å². The second kappa shape index (κ2) is 11.5. The van der Waals surface area contributed by atoms with Crippen molar-refractivity contribution in [3.63, 3.8) is 0 Å². The normalized spacial score (nSPS) is 14.1. The number of hydrogen-bond acceptors (Lipinski definition) is 1. The van der Waals surface area contributed by atoms with Crippen LogP contribution in [0, 0.1) is 0 Å². The van der Waals surface area contributed by atoms with Gasteiger partial charge in [0.15, 0.2) is 0 Å². The average Bonchev–Trinajstić information content (AvgIpc) is 2.26. The highest BCUT2D eigenvalue weighted by Gasteiger charge is 1.94. The molecule has 1 atom stereocenters. The van der Waals surface area contributed by atoms with E-state index in [0.29, 0.717) is 0 Å². The van der Waals surface area contributed by atoms with Crippen LogP contribution in [0.2, 0.25) is 0 Å². The van der Waals surface area contributed by atoms with Gasteiger partial charge in [0.05, 0.1) is 6.10 Å². The largest absolute Gasteiger partial charge is 0.393 e. The summed E-state index contributed by atoms with van der Waals surface area (Å²) >= 11 is 0. The first-order chi connectivity index (χ1) is 7.31. The van der Waals surface area contributed by atoms with E-state index in [1.807, 2.05) is 6.92 Å². The summed E-state index contributed by atoms with van der Waals surface area (Å²) in [4.78, 5) is 0. The molecule has 1 unspecified atom stereocenters. The van der Waals surface area contributed by atoms with Gasteiger partial charge in [0.2, 0.25) is 0 Å². The van der Waals surface area contributed by atoms with Crippen LogP contribution in [-0.2, 0) is 0 Å². The van der Waals surface area contributed by atoms with Crippen LogP contribution < -0.4 is 0 Å². The van der Waals surface area contributed by atoms with E-state index in [1.165, 1.54) is 25.7 Å². The molecule has 0 amide bonds. The van der Waals surface area contributed by atoms with Crippen LogP contribution in [0.1, 0.15) is 58.8 Å². The quantitative estimate of drug-likeness (QED) is 0.446. The van der Waals surface area contributed by atoms with E-state index in [2.05, 4.69) is 31.2 Å². The van der Waals surface area contributed by atoms with Crippen molar-refractivity contribution in [2.24, 2.45) is 0 Å². The van der Waals surface area contributed by atoms with Crippen molar-refractivity contribution in [1.29, 1.82) is 0 Å². The second-order valence-corrected chi connectivity index (χ2v) is 3.97. The summed E-state index contributed by atoms with van der Waals surface area (Å²) in [6.07, 6.45) is 16.3. The van der Waals surface area contributed by atoms with Gasteiger partial charge in [-0.15, -0.1) is 0 Å². The second-order valence-electron chi connectivity index (χ2n) is 3.97. The molecular formula is C14H26O. The minimum atomic E-state index is -0.158. The summed E-state index contributed by atoms with van der Waals surface area (Å²) in [6.45, 7) is 4.23. The van der Waals surface area contributed by atoms with E-state index < -0.39 is 0 Å². The highest BCUT2D eigenvalue weighted by atomic mass is 16.3. The number of aliphatic hydroxyl groups is 1. The fourth-order valence-corrected chi connectivity index (χ4v) is 1.32. The molecule has 0 saturated carbocycles. The first-order valence-electron chi connectivity index (χ1n) is 6.29. The molecule has 0 fully saturated rings. The van der Waals surface area contributed by atoms with Crippen LogP contribution in [-0.4, -0.2) is 11.2 Å². The SMILES string of the molecule is CCCCCC=CCC=CCC(O)CC. The van der Waals surface area contributed by atoms with Crippen LogP contribution in [0.5, 0.6) is 0 Å². The minimum absolute atomic E-state index is 0.158. The summed E-state index contributed by atoms with van der Waals surface area (Å²) < 4.78 is 0. The lowest BCUT2D eigenvalue weighted by Crippen LogP contribution is -2.00. The zero-order chi connectivity index (χ0) is 11.4. The van der Waals surface area contributed by atoms with Crippen LogP contribution >= 0.6 is 0 Å². The Morgan fingerprint density at radius 3 is 2.40 bits per heavy atom. The first-order valence-corrected chi connectivity index (χ1v) is 6.29. The Kier molecular flexibility index (Phi) is 11.1. The molecule has 0 bridgehead atoms. The monoisotopic (exact) mass is 210 g/mol. The van der Waals surface area contributed by atoms with Gasteiger partial charge in [-0.25, -0.2) is 0 Å². The molecule has 88 valence electrons. The predicted molar refractivity (Wildman–Crippen MR) is 68.0 cm³/mol. The summed E-state index contributed by atoms with van der Waals surface area (Å²) in [6, 6.07) is 0. The Morgan fingerprint density at radius 1 is 1.00 bits per heavy atom. The summed E-state index contributed by atoms with van der Waals surface area (Å²) in [5.41, 5.74) is 0. The van der Waals surface area contributed by atoms with Crippen molar-refractivity contribution in [1.82, 2.24) is 0 Å². The van der Waals surface area contributed by atoms with Crippen molar-refractivity contribution in [2.75, 3.05) is 0 Å². The average molecular weight is 210 g/mol. The number of rotatable bonds is 9. The lowest BCUT2D eigenvalue weighted by Gasteiger charge is -2.00. The maximum atomic E-state index is 9.29. The summed E-state index contributed by atoms with van der Waals surface area (Å²) in [5.74, 6) is 0. The van der Waals surface area contributed by atoms with Crippen LogP contribution in [0.15, 0.2) is 24.3 Å². The highest BCUT2D eigenvalue weighted by Crippen LogP contribution is 2.01. The van der Waals surface area contributed by atoms with Crippen molar-refractivity contribution in [2.45, 2.75) is 64.9 Å². The Morgan fingerprint density at radius 2 is 1.73 bits per heavy atom. The molecular weight excluding hydrogens is 184 g/mol. The third kappa shape index (κ3) is 11.4. The molecule has 0 aliphatic carbocycles. The van der Waals surface area contributed by atoms with E-state index in [-0.39, 0.29) is 6.10 Å². The molecule has 0 spiro atoms. The standard InChI is InChI=1S/C14H26O/c1-3-5-6-7-8-9-10-11-12-13-14(15)4-2/h8-9,11-12,14-15H,3-7,10,13H2,1-2H3. The minimum Gasteiger partial charge on any atom is -0.393 e. The predicted octanol–water partition coefficient (Wildman–Crippen LogP) is 4.23. The Hall–Kier alpha value is -0.560. The number of unbranched alkanes of at least 4 members (excludes halogenated alkanes) is 3. The lowest BCUT2D eigenvalue weighted by molar-refractivity contribution is 0.173. The molecule has 0 radical (unpaired) electrons. The lowest BCUT2D eigenvalue weighted by atomic mass is 10.1. The van der Waals surface area contributed by atoms with Gasteiger partial charge in [-0.2, -0.15) is 0 Å². The molecule has 1 nitrogen and oxygen atoms in total. The molecule has 0 aliphatic rings. The summed E-state index contributed by atoms with van der Waals surface area (Å²) in [5, 5.41) is 9.29. The number of hydrogen-bond donors (Lipinski definition) is 1. The van der Waals surface area contributed by atoms with Gasteiger partial charge in [-0.3, -0.25) is 0 Å². The van der Waals surface area contributed by atoms with E-state index in [9.17, 15) is 5.11 Å². The Balaban J connectivity index is 3.28. The topological polar surface area (TPSA) is 20.2 Å². The van der Waals surface area contributed by atoms with Crippen LogP contribution in [0.3, 0.4) is 0 Å². The van der Waals surface area contributed by atoms with Crippen LogP contribution in [0.4, 0.5) is 0 Å². The maximum absolute atomic E-state index is 9.29. The van der Waals surface area contributed by atoms with Crippen molar-refractivity contribution in [3.05, 3.63) is 24.3 Å². The van der Waals surface area contributed by atoms with Gasteiger partial charge >= 0.3 is 0 Å². The van der Waals surface area contributed by atoms with Gasteiger partial charge in [-0.05, 0) is 32.1 Å². The fraction of sp³-hybridized carbons (Fsp3) is 0.714. The molecule has 0 rings (SSSR count). The zero-order valence-corrected chi connectivity index (χ0v) is 10.3. The zero-order valence-electron chi connectivity index (χ0n) is 10.3. The molecule has 0 aromatic rings. The fourth-order valence-electron chi connectivity index (χ4n) is 1.32. The third-order valence-electron chi connectivity index (χ3n) is 2.46. The van der Waals surface area contributed by atoms with Gasteiger partial charge < -0.3 is 5.11 Å². The smallest absolute Gasteiger partial charge is 0.0572 e. The Bertz CT molecular complexity index is 170. The molecule has 1 heteroatoms. The highest BCUT2D eigenvalue weighted by molar-refractivity contribution is 4.93. The van der Waals surface area contributed by atoms with Gasteiger partial charge in [0.1, 0.15) is 0 Å². The summed E-state index contributed by atoms with van der Waals surface area (Å²) in [7, 11) is 0. The number of aliphatic hydroxyl groups excluding tert-OH is 1. The van der Waals surface area contributed by atoms with E-state index in [1.54, 1.807) is 0 Å². The van der Waals surface area contributed by atoms with E-state index in [0.717, 1.165) is 19.3 Å². The maximum Gasteiger partial charge on any atom is 0.0572 e. The van der Waals surface area contributed by atoms with E-state index >= 15 is 0 Å². The van der Waals surface area contributed by atoms with Crippen LogP contribution in [0.25, 0.3) is 0 Å². The van der Waals surface area contributed by atoms with Crippen molar-refractivity contribution >= 4 is 0 Å². The molecule has 15 heavy (non-hydrogen) atoms. The van der Waals surface area contributed by atoms with E-state index in [4.69, 9.17) is 0 Å². The molecule has 0 aromatic heterocycles.